The van der Waals surface area contributed by atoms with Crippen molar-refractivity contribution < 1.29 is 24.2 Å². The highest BCUT2D eigenvalue weighted by molar-refractivity contribution is 5.87. The van der Waals surface area contributed by atoms with Crippen LogP contribution < -0.4 is 10.6 Å². The van der Waals surface area contributed by atoms with Crippen LogP contribution in [0.5, 0.6) is 0 Å². The zero-order chi connectivity index (χ0) is 29.5. The third-order valence-electron chi connectivity index (χ3n) is 8.68. The highest BCUT2D eigenvalue weighted by atomic mass is 16.5. The average Bonchev–Trinajstić information content (AvgIpc) is 3.33. The van der Waals surface area contributed by atoms with E-state index in [9.17, 15) is 19.5 Å². The predicted octanol–water partition coefficient (Wildman–Crippen LogP) is 5.18. The Balaban J connectivity index is 1.09. The summed E-state index contributed by atoms with van der Waals surface area (Å²) in [6.45, 7) is 4.37. The zero-order valence-electron chi connectivity index (χ0n) is 24.1. The van der Waals surface area contributed by atoms with Crippen LogP contribution in [0.1, 0.15) is 55.2 Å². The molecule has 1 fully saturated rings. The van der Waals surface area contributed by atoms with Crippen LogP contribution in [0.3, 0.4) is 0 Å². The molecule has 3 aromatic carbocycles. The maximum atomic E-state index is 13.0. The molecule has 220 valence electrons. The molecule has 42 heavy (non-hydrogen) atoms. The molecule has 5 rings (SSSR count). The van der Waals surface area contributed by atoms with E-state index in [4.69, 9.17) is 4.74 Å². The van der Waals surface area contributed by atoms with Crippen LogP contribution in [-0.2, 0) is 20.9 Å². The van der Waals surface area contributed by atoms with Gasteiger partial charge in [0.15, 0.2) is 0 Å². The summed E-state index contributed by atoms with van der Waals surface area (Å²) in [5.74, 6) is -1.48. The summed E-state index contributed by atoms with van der Waals surface area (Å²) < 4.78 is 5.63. The van der Waals surface area contributed by atoms with Crippen LogP contribution in [0.2, 0.25) is 0 Å². The first kappa shape index (κ1) is 29.3. The van der Waals surface area contributed by atoms with Gasteiger partial charge in [-0.05, 0) is 46.6 Å². The van der Waals surface area contributed by atoms with E-state index in [1.807, 2.05) is 49.4 Å². The Kier molecular flexibility index (Phi) is 9.22. The quantitative estimate of drug-likeness (QED) is 0.294. The molecule has 2 aliphatic rings. The first-order valence-corrected chi connectivity index (χ1v) is 14.8. The minimum absolute atomic E-state index is 0.0257. The number of amides is 2. The minimum atomic E-state index is -1.28. The molecule has 0 saturated carbocycles. The number of carbonyl (C=O) groups is 3. The number of piperidine rings is 1. The van der Waals surface area contributed by atoms with E-state index in [2.05, 4.69) is 51.9 Å². The van der Waals surface area contributed by atoms with Gasteiger partial charge in [0, 0.05) is 38.5 Å². The number of nitrogens with one attached hydrogen (secondary N) is 2. The number of benzene rings is 3. The van der Waals surface area contributed by atoms with Crippen LogP contribution in [0.15, 0.2) is 78.9 Å². The molecule has 0 spiro atoms. The lowest BCUT2D eigenvalue weighted by atomic mass is 9.86. The van der Waals surface area contributed by atoms with Crippen LogP contribution >= 0.6 is 0 Å². The van der Waals surface area contributed by atoms with Crippen LogP contribution in [0, 0.1) is 5.92 Å². The maximum Gasteiger partial charge on any atom is 0.407 e. The summed E-state index contributed by atoms with van der Waals surface area (Å²) in [5.41, 5.74) is 4.53. The van der Waals surface area contributed by atoms with Gasteiger partial charge in [-0.15, -0.1) is 0 Å². The molecule has 8 nitrogen and oxygen atoms in total. The Hall–Kier alpha value is -4.17. The predicted molar refractivity (Wildman–Crippen MR) is 161 cm³/mol. The molecule has 0 aromatic heterocycles. The number of carbonyl (C=O) groups excluding carboxylic acids is 2. The number of nitrogens with zero attached hydrogens (tertiary/aromatic N) is 1. The van der Waals surface area contributed by atoms with E-state index < -0.39 is 17.6 Å². The Morgan fingerprint density at radius 2 is 1.52 bits per heavy atom. The lowest BCUT2D eigenvalue weighted by Gasteiger charge is -2.39. The van der Waals surface area contributed by atoms with Crippen molar-refractivity contribution in [1.82, 2.24) is 15.5 Å². The van der Waals surface area contributed by atoms with E-state index in [1.165, 1.54) is 16.7 Å². The molecule has 3 aromatic rings. The second kappa shape index (κ2) is 13.2. The first-order chi connectivity index (χ1) is 20.4. The number of rotatable bonds is 11. The van der Waals surface area contributed by atoms with Crippen LogP contribution in [0.25, 0.3) is 11.1 Å². The Morgan fingerprint density at radius 1 is 0.929 bits per heavy atom. The molecule has 2 amide bonds. The molecule has 0 radical (unpaired) electrons. The van der Waals surface area contributed by atoms with Gasteiger partial charge in [0.05, 0.1) is 0 Å². The zero-order valence-corrected chi connectivity index (χ0v) is 24.1. The summed E-state index contributed by atoms with van der Waals surface area (Å²) in [5, 5.41) is 15.7. The van der Waals surface area contributed by atoms with Gasteiger partial charge in [0.2, 0.25) is 5.91 Å². The molecule has 1 aliphatic carbocycles. The second-order valence-corrected chi connectivity index (χ2v) is 11.4. The number of hydrogen-bond donors (Lipinski definition) is 3. The molecule has 3 N–H and O–H groups in total. The van der Waals surface area contributed by atoms with Gasteiger partial charge >= 0.3 is 12.1 Å². The van der Waals surface area contributed by atoms with Gasteiger partial charge in [-0.1, -0.05) is 92.2 Å². The molecule has 1 unspecified atom stereocenters. The number of likely N-dealkylation sites (tertiary alicyclic amines) is 1. The van der Waals surface area contributed by atoms with Crippen molar-refractivity contribution in [2.75, 3.05) is 26.2 Å². The summed E-state index contributed by atoms with van der Waals surface area (Å²) in [4.78, 5) is 40.1. The number of carboxylic acid groups (broad SMARTS) is 1. The van der Waals surface area contributed by atoms with E-state index in [0.717, 1.165) is 17.7 Å². The van der Waals surface area contributed by atoms with Crippen molar-refractivity contribution in [2.45, 2.75) is 50.6 Å². The Labute approximate surface area is 247 Å². The molecule has 1 aliphatic heterocycles. The number of ether oxygens (including phenoxy) is 1. The first-order valence-electron chi connectivity index (χ1n) is 14.8. The molecule has 1 atom stereocenters. The van der Waals surface area contributed by atoms with E-state index in [1.54, 1.807) is 0 Å². The van der Waals surface area contributed by atoms with Gasteiger partial charge in [0.25, 0.3) is 0 Å². The maximum absolute atomic E-state index is 13.0. The van der Waals surface area contributed by atoms with Crippen molar-refractivity contribution in [2.24, 2.45) is 5.92 Å². The van der Waals surface area contributed by atoms with Crippen molar-refractivity contribution in [3.05, 3.63) is 95.6 Å². The average molecular weight is 570 g/mol. The fourth-order valence-corrected chi connectivity index (χ4v) is 6.14. The van der Waals surface area contributed by atoms with Gasteiger partial charge in [-0.3, -0.25) is 9.69 Å². The molecule has 8 heteroatoms. The summed E-state index contributed by atoms with van der Waals surface area (Å²) in [6, 6.07) is 26.4. The Morgan fingerprint density at radius 3 is 2.12 bits per heavy atom. The van der Waals surface area contributed by atoms with Crippen LogP contribution in [-0.4, -0.2) is 59.8 Å². The fraction of sp³-hybridized carbons (Fsp3) is 0.382. The van der Waals surface area contributed by atoms with Gasteiger partial charge in [0.1, 0.15) is 12.1 Å². The normalized spacial score (nSPS) is 16.6. The van der Waals surface area contributed by atoms with Gasteiger partial charge < -0.3 is 20.5 Å². The number of hydrogen-bond acceptors (Lipinski definition) is 5. The molecular formula is C34H39N3O5. The van der Waals surface area contributed by atoms with E-state index in [0.29, 0.717) is 32.4 Å². The highest BCUT2D eigenvalue weighted by Crippen LogP contribution is 2.44. The van der Waals surface area contributed by atoms with E-state index in [-0.39, 0.29) is 37.3 Å². The minimum Gasteiger partial charge on any atom is -0.480 e. The summed E-state index contributed by atoms with van der Waals surface area (Å²) in [7, 11) is 0. The molecule has 1 saturated heterocycles. The monoisotopic (exact) mass is 569 g/mol. The second-order valence-electron chi connectivity index (χ2n) is 11.4. The molecular weight excluding hydrogens is 530 g/mol. The standard InChI is InChI=1S/C34H39N3O5/c1-2-24(20-31(38)36-34(32(39)40)16-18-37(19-17-34)22-25-10-4-3-5-11-25)21-35-33(41)42-23-30-28-14-8-6-12-26(28)27-13-7-9-15-29(27)30/h3-15,24,30H,2,16-23H2,1H3,(H,35,41)(H,36,38)(H,39,40). The van der Waals surface area contributed by atoms with Crippen molar-refractivity contribution in [1.29, 1.82) is 0 Å². The largest absolute Gasteiger partial charge is 0.480 e. The third-order valence-corrected chi connectivity index (χ3v) is 8.68. The number of carboxylic acids is 1. The molecule has 0 bridgehead atoms. The number of fused-ring (bicyclic) bond motifs is 3. The van der Waals surface area contributed by atoms with Gasteiger partial charge in [-0.2, -0.15) is 0 Å². The SMILES string of the molecule is CCC(CNC(=O)OCC1c2ccccc2-c2ccccc21)CC(=O)NC1(C(=O)O)CCN(Cc2ccccc2)CC1. The number of alkyl carbamates (subject to hydrolysis) is 1. The van der Waals surface area contributed by atoms with Crippen molar-refractivity contribution >= 4 is 18.0 Å². The van der Waals surface area contributed by atoms with Gasteiger partial charge in [-0.25, -0.2) is 9.59 Å². The highest BCUT2D eigenvalue weighted by Gasteiger charge is 2.43. The topological polar surface area (TPSA) is 108 Å². The molecule has 1 heterocycles. The van der Waals surface area contributed by atoms with Crippen molar-refractivity contribution in [3.8, 4) is 11.1 Å². The third kappa shape index (κ3) is 6.65. The fourth-order valence-electron chi connectivity index (χ4n) is 6.14. The lowest BCUT2D eigenvalue weighted by Crippen LogP contribution is -2.60. The summed E-state index contributed by atoms with van der Waals surface area (Å²) >= 11 is 0. The lowest BCUT2D eigenvalue weighted by molar-refractivity contribution is -0.150. The summed E-state index contributed by atoms with van der Waals surface area (Å²) in [6.07, 6.45) is 0.944. The number of aliphatic carboxylic acids is 1. The van der Waals surface area contributed by atoms with Crippen molar-refractivity contribution in [3.63, 3.8) is 0 Å². The van der Waals surface area contributed by atoms with Crippen LogP contribution in [0.4, 0.5) is 4.79 Å². The smallest absolute Gasteiger partial charge is 0.407 e. The van der Waals surface area contributed by atoms with E-state index >= 15 is 0 Å². The Bertz CT molecular complexity index is 1360.